The zero-order chi connectivity index (χ0) is 29.1. The molecule has 10 heteroatoms. The fourth-order valence-electron chi connectivity index (χ4n) is 4.79. The Labute approximate surface area is 243 Å². The van der Waals surface area contributed by atoms with Crippen molar-refractivity contribution in [3.05, 3.63) is 102 Å². The Morgan fingerprint density at radius 3 is 2.48 bits per heavy atom. The molecule has 1 fully saturated rings. The number of ether oxygens (including phenoxy) is 1. The Bertz CT molecular complexity index is 1740. The predicted molar refractivity (Wildman–Crippen MR) is 162 cm³/mol. The number of piperazine rings is 1. The van der Waals surface area contributed by atoms with Gasteiger partial charge in [-0.2, -0.15) is 0 Å². The molecule has 1 amide bonds. The summed E-state index contributed by atoms with van der Waals surface area (Å²) < 4.78 is 20.0. The van der Waals surface area contributed by atoms with Gasteiger partial charge in [-0.3, -0.25) is 4.79 Å². The number of likely N-dealkylation sites (N-methyl/N-ethyl adjacent to an activating group) is 1. The molecule has 0 aliphatic carbocycles. The average Bonchev–Trinajstić information content (AvgIpc) is 3.00. The van der Waals surface area contributed by atoms with Gasteiger partial charge in [-0.05, 0) is 80.2 Å². The van der Waals surface area contributed by atoms with Gasteiger partial charge >= 0.3 is 0 Å². The smallest absolute Gasteiger partial charge is 0.255 e. The summed E-state index contributed by atoms with van der Waals surface area (Å²) in [6.45, 7) is 5.81. The molecule has 9 nitrogen and oxygen atoms in total. The topological polar surface area (TPSA) is 95.5 Å². The van der Waals surface area contributed by atoms with Gasteiger partial charge in [0, 0.05) is 42.8 Å². The van der Waals surface area contributed by atoms with Gasteiger partial charge in [0.2, 0.25) is 0 Å². The lowest BCUT2D eigenvalue weighted by atomic mass is 10.1. The van der Waals surface area contributed by atoms with Crippen molar-refractivity contribution < 1.29 is 13.9 Å². The number of para-hydroxylation sites is 1. The highest BCUT2D eigenvalue weighted by Crippen LogP contribution is 2.31. The molecule has 0 atom stereocenters. The first-order valence-electron chi connectivity index (χ1n) is 13.7. The van der Waals surface area contributed by atoms with E-state index in [9.17, 15) is 9.18 Å². The Balaban J connectivity index is 1.14. The first-order chi connectivity index (χ1) is 20.4. The van der Waals surface area contributed by atoms with Crippen molar-refractivity contribution in [1.82, 2.24) is 19.9 Å². The van der Waals surface area contributed by atoms with Crippen LogP contribution in [0.3, 0.4) is 0 Å². The minimum absolute atomic E-state index is 0.134. The molecule has 0 spiro atoms. The predicted octanol–water partition coefficient (Wildman–Crippen LogP) is 6.01. The fraction of sp³-hybridized carbons (Fsp3) is 0.188. The lowest BCUT2D eigenvalue weighted by molar-refractivity contribution is 0.102. The molecule has 3 aromatic carbocycles. The standard InChI is InChI=1S/C32H30FN7O2/c1-21-17-23(37-31-25-18-30(34-19-28(25)35-20-36-31)40-15-13-39(2)14-16-40)9-12-29(21)42-24-10-7-22(8-11-24)32(41)38-27-6-4-3-5-26(27)33/h3-12,17-20H,13-16H2,1-2H3,(H,38,41)(H,35,36,37). The molecular weight excluding hydrogens is 533 g/mol. The summed E-state index contributed by atoms with van der Waals surface area (Å²) in [4.78, 5) is 30.7. The maximum absolute atomic E-state index is 13.9. The van der Waals surface area contributed by atoms with Crippen LogP contribution in [0.1, 0.15) is 15.9 Å². The third kappa shape index (κ3) is 5.98. The van der Waals surface area contributed by atoms with E-state index in [1.54, 1.807) is 42.6 Å². The largest absolute Gasteiger partial charge is 0.457 e. The summed E-state index contributed by atoms with van der Waals surface area (Å²) in [5.74, 6) is 1.99. The van der Waals surface area contributed by atoms with Crippen LogP contribution < -0.4 is 20.3 Å². The fourth-order valence-corrected chi connectivity index (χ4v) is 4.79. The maximum Gasteiger partial charge on any atom is 0.255 e. The summed E-state index contributed by atoms with van der Waals surface area (Å²) >= 11 is 0. The van der Waals surface area contributed by atoms with Crippen LogP contribution in [0, 0.1) is 12.7 Å². The molecular formula is C32H30FN7O2. The summed E-state index contributed by atoms with van der Waals surface area (Å²) in [5.41, 5.74) is 3.07. The highest BCUT2D eigenvalue weighted by Gasteiger charge is 2.17. The number of nitrogens with zero attached hydrogens (tertiary/aromatic N) is 5. The van der Waals surface area contributed by atoms with Crippen molar-refractivity contribution >= 4 is 39.8 Å². The molecule has 6 rings (SSSR count). The number of pyridine rings is 1. The number of amides is 1. The van der Waals surface area contributed by atoms with E-state index in [1.807, 2.05) is 31.2 Å². The van der Waals surface area contributed by atoms with E-state index in [0.29, 0.717) is 22.9 Å². The monoisotopic (exact) mass is 563 g/mol. The number of hydrogen-bond donors (Lipinski definition) is 2. The average molecular weight is 564 g/mol. The van der Waals surface area contributed by atoms with Crippen LogP contribution in [0.25, 0.3) is 10.9 Å². The molecule has 0 bridgehead atoms. The molecule has 0 radical (unpaired) electrons. The van der Waals surface area contributed by atoms with E-state index in [1.165, 1.54) is 18.5 Å². The molecule has 1 saturated heterocycles. The Hall–Kier alpha value is -5.09. The van der Waals surface area contributed by atoms with E-state index >= 15 is 0 Å². The van der Waals surface area contributed by atoms with Crippen molar-refractivity contribution in [1.29, 1.82) is 0 Å². The number of carbonyl (C=O) groups excluding carboxylic acids is 1. The van der Waals surface area contributed by atoms with Gasteiger partial charge in [-0.25, -0.2) is 19.3 Å². The normalized spacial score (nSPS) is 13.6. The number of nitrogens with one attached hydrogen (secondary N) is 2. The van der Waals surface area contributed by atoms with Crippen LogP contribution in [0.2, 0.25) is 0 Å². The molecule has 0 saturated carbocycles. The van der Waals surface area contributed by atoms with Crippen molar-refractivity contribution in [3.63, 3.8) is 0 Å². The number of aromatic nitrogens is 3. The van der Waals surface area contributed by atoms with Crippen LogP contribution >= 0.6 is 0 Å². The number of benzene rings is 3. The molecule has 0 unspecified atom stereocenters. The highest BCUT2D eigenvalue weighted by molar-refractivity contribution is 6.04. The summed E-state index contributed by atoms with van der Waals surface area (Å²) in [6, 6.07) is 20.6. The highest BCUT2D eigenvalue weighted by atomic mass is 19.1. The molecule has 3 heterocycles. The number of aryl methyl sites for hydroxylation is 1. The second-order valence-electron chi connectivity index (χ2n) is 10.2. The summed E-state index contributed by atoms with van der Waals surface area (Å²) in [7, 11) is 2.13. The van der Waals surface area contributed by atoms with E-state index in [0.717, 1.165) is 54.2 Å². The Kier molecular flexibility index (Phi) is 7.61. The molecule has 212 valence electrons. The van der Waals surface area contributed by atoms with Crippen LogP contribution in [0.15, 0.2) is 85.3 Å². The van der Waals surface area contributed by atoms with Crippen molar-refractivity contribution in [3.8, 4) is 11.5 Å². The third-order valence-electron chi connectivity index (χ3n) is 7.24. The lowest BCUT2D eigenvalue weighted by Gasteiger charge is -2.33. The van der Waals surface area contributed by atoms with Gasteiger partial charge in [0.15, 0.2) is 0 Å². The Morgan fingerprint density at radius 2 is 1.71 bits per heavy atom. The van der Waals surface area contributed by atoms with E-state index in [2.05, 4.69) is 42.4 Å². The maximum atomic E-state index is 13.9. The van der Waals surface area contributed by atoms with Gasteiger partial charge in [0.1, 0.15) is 35.3 Å². The molecule has 5 aromatic rings. The number of halogens is 1. The van der Waals surface area contributed by atoms with Crippen LogP contribution in [-0.2, 0) is 0 Å². The number of carbonyl (C=O) groups is 1. The Morgan fingerprint density at radius 1 is 0.929 bits per heavy atom. The number of hydrogen-bond acceptors (Lipinski definition) is 8. The zero-order valence-electron chi connectivity index (χ0n) is 23.3. The van der Waals surface area contributed by atoms with Gasteiger partial charge < -0.3 is 25.2 Å². The van der Waals surface area contributed by atoms with E-state index in [4.69, 9.17) is 4.74 Å². The van der Waals surface area contributed by atoms with Crippen molar-refractivity contribution in [2.75, 3.05) is 48.8 Å². The summed E-state index contributed by atoms with van der Waals surface area (Å²) in [5, 5.41) is 6.91. The lowest BCUT2D eigenvalue weighted by Crippen LogP contribution is -2.44. The van der Waals surface area contributed by atoms with Crippen molar-refractivity contribution in [2.45, 2.75) is 6.92 Å². The quantitative estimate of drug-likeness (QED) is 0.249. The van der Waals surface area contributed by atoms with Gasteiger partial charge in [0.05, 0.1) is 17.4 Å². The molecule has 1 aliphatic heterocycles. The zero-order valence-corrected chi connectivity index (χ0v) is 23.3. The first kappa shape index (κ1) is 27.1. The van der Waals surface area contributed by atoms with Crippen LogP contribution in [0.5, 0.6) is 11.5 Å². The molecule has 1 aliphatic rings. The molecule has 2 aromatic heterocycles. The summed E-state index contributed by atoms with van der Waals surface area (Å²) in [6.07, 6.45) is 3.33. The van der Waals surface area contributed by atoms with Gasteiger partial charge in [-0.1, -0.05) is 12.1 Å². The van der Waals surface area contributed by atoms with E-state index in [-0.39, 0.29) is 5.69 Å². The van der Waals surface area contributed by atoms with Crippen molar-refractivity contribution in [2.24, 2.45) is 0 Å². The van der Waals surface area contributed by atoms with Gasteiger partial charge in [0.25, 0.3) is 5.91 Å². The molecule has 42 heavy (non-hydrogen) atoms. The number of fused-ring (bicyclic) bond motifs is 1. The third-order valence-corrected chi connectivity index (χ3v) is 7.24. The van der Waals surface area contributed by atoms with Crippen LogP contribution in [-0.4, -0.2) is 59.0 Å². The minimum atomic E-state index is -0.487. The second kappa shape index (κ2) is 11.8. The second-order valence-corrected chi connectivity index (χ2v) is 10.2. The number of anilines is 4. The van der Waals surface area contributed by atoms with Crippen LogP contribution in [0.4, 0.5) is 27.4 Å². The SMILES string of the molecule is Cc1cc(Nc2ncnc3cnc(N4CCN(C)CC4)cc23)ccc1Oc1ccc(C(=O)Nc2ccccc2F)cc1. The number of rotatable bonds is 7. The minimum Gasteiger partial charge on any atom is -0.457 e. The molecule has 2 N–H and O–H groups in total. The van der Waals surface area contributed by atoms with E-state index < -0.39 is 11.7 Å². The van der Waals surface area contributed by atoms with Gasteiger partial charge in [-0.15, -0.1) is 0 Å². The first-order valence-corrected chi connectivity index (χ1v) is 13.7.